The van der Waals surface area contributed by atoms with E-state index < -0.39 is 6.16 Å². The van der Waals surface area contributed by atoms with E-state index in [2.05, 4.69) is 27.7 Å². The maximum atomic E-state index is 8.56. The van der Waals surface area contributed by atoms with Crippen LogP contribution in [0, 0.1) is 0 Å². The van der Waals surface area contributed by atoms with Crippen molar-refractivity contribution < 1.29 is 19.5 Å². The van der Waals surface area contributed by atoms with Gasteiger partial charge in [0.1, 0.15) is 0 Å². The zero-order valence-corrected chi connectivity index (χ0v) is 23.2. The van der Waals surface area contributed by atoms with Crippen LogP contribution in [0.5, 0.6) is 0 Å². The average Bonchev–Trinajstić information content (AvgIpc) is 2.80. The molecule has 0 spiro atoms. The Hall–Kier alpha value is -0.770. The van der Waals surface area contributed by atoms with Gasteiger partial charge in [-0.2, -0.15) is 0 Å². The van der Waals surface area contributed by atoms with Crippen molar-refractivity contribution in [2.45, 2.75) is 156 Å². The van der Waals surface area contributed by atoms with Crippen molar-refractivity contribution in [3.63, 3.8) is 0 Å². The van der Waals surface area contributed by atoms with Gasteiger partial charge in [0.25, 0.3) is 0 Å². The Morgan fingerprint density at radius 1 is 0.455 bits per heavy atom. The summed E-state index contributed by atoms with van der Waals surface area (Å²) in [6.07, 6.45) is 27.3. The first kappa shape index (κ1) is 34.4. The first-order chi connectivity index (χ1) is 16.0. The molecule has 0 saturated heterocycles. The molecule has 0 unspecified atom stereocenters. The fourth-order valence-electron chi connectivity index (χ4n) is 4.84. The molecule has 0 aromatic rings. The van der Waals surface area contributed by atoms with E-state index in [-0.39, 0.29) is 0 Å². The molecule has 4 nitrogen and oxygen atoms in total. The van der Waals surface area contributed by atoms with Crippen LogP contribution in [-0.2, 0) is 0 Å². The lowest BCUT2D eigenvalue weighted by Crippen LogP contribution is -2.49. The van der Waals surface area contributed by atoms with Crippen LogP contribution < -0.4 is 0 Å². The summed E-state index contributed by atoms with van der Waals surface area (Å²) < 4.78 is 1.38. The van der Waals surface area contributed by atoms with Crippen molar-refractivity contribution in [1.29, 1.82) is 0 Å². The van der Waals surface area contributed by atoms with E-state index in [4.69, 9.17) is 15.0 Å². The van der Waals surface area contributed by atoms with Gasteiger partial charge in [0.15, 0.2) is 0 Å². The van der Waals surface area contributed by atoms with E-state index in [9.17, 15) is 0 Å². The van der Waals surface area contributed by atoms with E-state index in [1.807, 2.05) is 0 Å². The second kappa shape index (κ2) is 27.5. The van der Waals surface area contributed by atoms with E-state index in [0.717, 1.165) is 0 Å². The topological polar surface area (TPSA) is 57.5 Å². The summed E-state index contributed by atoms with van der Waals surface area (Å²) in [5, 5.41) is 13.9. The lowest BCUT2D eigenvalue weighted by molar-refractivity contribution is -0.925. The Morgan fingerprint density at radius 3 is 0.879 bits per heavy atom. The van der Waals surface area contributed by atoms with Crippen molar-refractivity contribution in [2.75, 3.05) is 26.2 Å². The number of rotatable bonds is 24. The lowest BCUT2D eigenvalue weighted by Gasteiger charge is -2.37. The molecule has 0 amide bonds. The molecule has 0 radical (unpaired) electrons. The summed E-state index contributed by atoms with van der Waals surface area (Å²) in [6.45, 7) is 15.0. The van der Waals surface area contributed by atoms with Crippen LogP contribution in [-0.4, -0.2) is 47.0 Å². The molecule has 0 heterocycles. The molecule has 0 atom stereocenters. The highest BCUT2D eigenvalue weighted by molar-refractivity contribution is 5.53. The molecular weight excluding hydrogens is 410 g/mol. The minimum absolute atomic E-state index is 1.34. The van der Waals surface area contributed by atoms with Crippen LogP contribution in [0.1, 0.15) is 156 Å². The number of carboxylic acid groups (broad SMARTS) is 2. The fraction of sp³-hybridized carbons (Fsp3) is 0.966. The van der Waals surface area contributed by atoms with Crippen molar-refractivity contribution >= 4 is 6.16 Å². The summed E-state index contributed by atoms with van der Waals surface area (Å²) >= 11 is 0. The maximum absolute atomic E-state index is 8.56. The fourth-order valence-corrected chi connectivity index (χ4v) is 4.84. The number of hydrogen-bond donors (Lipinski definition) is 2. The van der Waals surface area contributed by atoms with Crippen LogP contribution in [0.4, 0.5) is 4.79 Å². The van der Waals surface area contributed by atoms with Crippen LogP contribution in [0.25, 0.3) is 0 Å². The Bertz CT molecular complexity index is 353. The summed E-state index contributed by atoms with van der Waals surface area (Å²) in [5.41, 5.74) is 0. The number of quaternary nitrogens is 1. The molecule has 0 rings (SSSR count). The van der Waals surface area contributed by atoms with Gasteiger partial charge in [-0.1, -0.05) is 117 Å². The highest BCUT2D eigenvalue weighted by Gasteiger charge is 2.21. The molecule has 0 aliphatic heterocycles. The molecule has 0 aromatic carbocycles. The van der Waals surface area contributed by atoms with E-state index in [0.29, 0.717) is 0 Å². The maximum Gasteiger partial charge on any atom is 0.503 e. The normalized spacial score (nSPS) is 11.3. The standard InChI is InChI=1S/C28H60N.CH2O3/c1-5-9-11-13-15-17-19-21-23-25-27-29(7-3,8-4)28-26-24-22-20-18-16-14-12-10-6-2;2-1(3)4/h5-28H2,1-4H3;(H2,2,3,4)/q+1;. The summed E-state index contributed by atoms with van der Waals surface area (Å²) in [4.78, 5) is 8.56. The van der Waals surface area contributed by atoms with Crippen molar-refractivity contribution in [3.8, 4) is 0 Å². The van der Waals surface area contributed by atoms with Crippen LogP contribution in [0.2, 0.25) is 0 Å². The minimum atomic E-state index is -1.83. The first-order valence-corrected chi connectivity index (χ1v) is 14.7. The zero-order valence-electron chi connectivity index (χ0n) is 23.2. The molecule has 0 bridgehead atoms. The summed E-state index contributed by atoms with van der Waals surface area (Å²) in [7, 11) is 0. The van der Waals surface area contributed by atoms with Gasteiger partial charge in [-0.15, -0.1) is 0 Å². The van der Waals surface area contributed by atoms with Gasteiger partial charge >= 0.3 is 6.16 Å². The van der Waals surface area contributed by atoms with Gasteiger partial charge in [0, 0.05) is 0 Å². The first-order valence-electron chi connectivity index (χ1n) is 14.7. The molecule has 0 fully saturated rings. The number of carbonyl (C=O) groups is 1. The zero-order chi connectivity index (χ0) is 25.0. The largest absolute Gasteiger partial charge is 0.503 e. The number of hydrogen-bond acceptors (Lipinski definition) is 1. The second-order valence-electron chi connectivity index (χ2n) is 10.1. The molecule has 4 heteroatoms. The highest BCUT2D eigenvalue weighted by Crippen LogP contribution is 2.16. The van der Waals surface area contributed by atoms with Crippen molar-refractivity contribution in [1.82, 2.24) is 0 Å². The average molecular weight is 473 g/mol. The summed E-state index contributed by atoms with van der Waals surface area (Å²) in [6, 6.07) is 0. The third kappa shape index (κ3) is 27.4. The smallest absolute Gasteiger partial charge is 0.450 e. The Labute approximate surface area is 208 Å². The molecule has 0 aliphatic rings. The van der Waals surface area contributed by atoms with Gasteiger partial charge in [-0.25, -0.2) is 4.79 Å². The molecule has 0 aromatic heterocycles. The third-order valence-corrected chi connectivity index (χ3v) is 7.31. The molecule has 0 aliphatic carbocycles. The Balaban J connectivity index is 0. The molecule has 0 saturated carbocycles. The third-order valence-electron chi connectivity index (χ3n) is 7.31. The number of unbranched alkanes of at least 4 members (excludes halogenated alkanes) is 18. The number of nitrogens with zero attached hydrogens (tertiary/aromatic N) is 1. The predicted octanol–water partition coefficient (Wildman–Crippen LogP) is 9.91. The lowest BCUT2D eigenvalue weighted by atomic mass is 10.1. The minimum Gasteiger partial charge on any atom is -0.450 e. The van der Waals surface area contributed by atoms with E-state index in [1.54, 1.807) is 0 Å². The second-order valence-corrected chi connectivity index (χ2v) is 10.1. The van der Waals surface area contributed by atoms with Crippen molar-refractivity contribution in [2.24, 2.45) is 0 Å². The van der Waals surface area contributed by atoms with Crippen LogP contribution in [0.3, 0.4) is 0 Å². The van der Waals surface area contributed by atoms with Crippen LogP contribution in [0.15, 0.2) is 0 Å². The van der Waals surface area contributed by atoms with Gasteiger partial charge < -0.3 is 14.7 Å². The molecule has 200 valence electrons. The Kier molecular flexibility index (Phi) is 28.6. The van der Waals surface area contributed by atoms with Gasteiger partial charge in [-0.3, -0.25) is 0 Å². The van der Waals surface area contributed by atoms with Crippen molar-refractivity contribution in [3.05, 3.63) is 0 Å². The van der Waals surface area contributed by atoms with Crippen LogP contribution >= 0.6 is 0 Å². The Morgan fingerprint density at radius 2 is 0.667 bits per heavy atom. The summed E-state index contributed by atoms with van der Waals surface area (Å²) in [5.74, 6) is 0. The quantitative estimate of drug-likeness (QED) is 0.108. The molecule has 2 N–H and O–H groups in total. The molecular formula is C29H62NO3+. The highest BCUT2D eigenvalue weighted by atomic mass is 16.6. The van der Waals surface area contributed by atoms with Gasteiger partial charge in [-0.05, 0) is 39.5 Å². The molecule has 33 heavy (non-hydrogen) atoms. The SMILES string of the molecule is CCCCCCCCCCCC[N+](CC)(CC)CCCCCCCCCCCC.O=C(O)O. The van der Waals surface area contributed by atoms with Gasteiger partial charge in [0.05, 0.1) is 26.2 Å². The predicted molar refractivity (Wildman–Crippen MR) is 145 cm³/mol. The van der Waals surface area contributed by atoms with E-state index in [1.165, 1.54) is 159 Å². The van der Waals surface area contributed by atoms with E-state index >= 15 is 0 Å². The van der Waals surface area contributed by atoms with Gasteiger partial charge in [0.2, 0.25) is 0 Å². The monoisotopic (exact) mass is 472 g/mol.